The zero-order chi connectivity index (χ0) is 25.9. The largest absolute Gasteiger partial charge is 0.465 e. The zero-order valence-corrected chi connectivity index (χ0v) is 21.0. The van der Waals surface area contributed by atoms with Crippen molar-refractivity contribution in [1.29, 1.82) is 0 Å². The van der Waals surface area contributed by atoms with Crippen LogP contribution in [0.2, 0.25) is 0 Å². The van der Waals surface area contributed by atoms with Crippen LogP contribution in [0, 0.1) is 0 Å². The molecule has 5 rings (SSSR count). The lowest BCUT2D eigenvalue weighted by molar-refractivity contribution is -0.114. The minimum Gasteiger partial charge on any atom is -0.465 e. The number of aromatic nitrogens is 1. The van der Waals surface area contributed by atoms with E-state index in [-0.39, 0.29) is 18.0 Å². The number of amides is 1. The molecule has 2 aromatic heterocycles. The molecule has 3 heterocycles. The highest BCUT2D eigenvalue weighted by Crippen LogP contribution is 2.43. The van der Waals surface area contributed by atoms with Crippen LogP contribution in [0.4, 0.5) is 11.4 Å². The number of thiocarbonyl (C=S) groups is 1. The minimum atomic E-state index is -0.393. The molecular formula is C28H24N4O4S. The number of benzene rings is 2. The Bertz CT molecular complexity index is 1440. The summed E-state index contributed by atoms with van der Waals surface area (Å²) in [7, 11) is 1.35. The topological polar surface area (TPSA) is 96.7 Å². The van der Waals surface area contributed by atoms with Crippen molar-refractivity contribution < 1.29 is 18.7 Å². The Morgan fingerprint density at radius 3 is 2.43 bits per heavy atom. The van der Waals surface area contributed by atoms with E-state index in [4.69, 9.17) is 21.4 Å². The number of furan rings is 1. The lowest BCUT2D eigenvalue weighted by Crippen LogP contribution is -2.29. The number of carbonyl (C=O) groups excluding carboxylic acids is 2. The van der Waals surface area contributed by atoms with E-state index in [9.17, 15) is 9.59 Å². The SMILES string of the molecule is COC(=O)c1ccc(-c2ccc([C@@H]3[C@H](c4ccccn4)NC(=S)N3c3ccc(NC(C)=O)cc3)o2)cc1. The summed E-state index contributed by atoms with van der Waals surface area (Å²) in [5.41, 5.74) is 3.66. The summed E-state index contributed by atoms with van der Waals surface area (Å²) in [5, 5.41) is 6.72. The molecule has 1 saturated heterocycles. The maximum Gasteiger partial charge on any atom is 0.337 e. The van der Waals surface area contributed by atoms with E-state index in [0.717, 1.165) is 16.9 Å². The van der Waals surface area contributed by atoms with Crippen LogP contribution in [0.3, 0.4) is 0 Å². The Kier molecular flexibility index (Phi) is 6.70. The second-order valence-electron chi connectivity index (χ2n) is 8.50. The van der Waals surface area contributed by atoms with Crippen LogP contribution < -0.4 is 15.5 Å². The van der Waals surface area contributed by atoms with E-state index < -0.39 is 5.97 Å². The summed E-state index contributed by atoms with van der Waals surface area (Å²) in [5.74, 6) is 0.823. The van der Waals surface area contributed by atoms with Crippen LogP contribution >= 0.6 is 12.2 Å². The first-order valence-corrected chi connectivity index (χ1v) is 12.0. The van der Waals surface area contributed by atoms with Gasteiger partial charge in [0, 0.05) is 30.1 Å². The zero-order valence-electron chi connectivity index (χ0n) is 20.2. The molecule has 0 saturated carbocycles. The summed E-state index contributed by atoms with van der Waals surface area (Å²) in [6.45, 7) is 1.47. The fourth-order valence-electron chi connectivity index (χ4n) is 4.39. The van der Waals surface area contributed by atoms with E-state index in [1.807, 2.05) is 71.6 Å². The van der Waals surface area contributed by atoms with Crippen molar-refractivity contribution >= 4 is 40.6 Å². The minimum absolute atomic E-state index is 0.137. The first-order valence-electron chi connectivity index (χ1n) is 11.6. The van der Waals surface area contributed by atoms with Crippen LogP contribution in [0.25, 0.3) is 11.3 Å². The number of nitrogens with zero attached hydrogens (tertiary/aromatic N) is 2. The molecule has 0 spiro atoms. The van der Waals surface area contributed by atoms with Crippen LogP contribution in [-0.4, -0.2) is 29.1 Å². The van der Waals surface area contributed by atoms with E-state index in [0.29, 0.717) is 27.9 Å². The lowest BCUT2D eigenvalue weighted by Gasteiger charge is -2.26. The number of hydrogen-bond acceptors (Lipinski definition) is 6. The summed E-state index contributed by atoms with van der Waals surface area (Å²) < 4.78 is 11.2. The Hall–Kier alpha value is -4.50. The molecule has 8 nitrogen and oxygen atoms in total. The maximum absolute atomic E-state index is 11.8. The van der Waals surface area contributed by atoms with Gasteiger partial charge >= 0.3 is 5.97 Å². The van der Waals surface area contributed by atoms with E-state index in [1.165, 1.54) is 14.0 Å². The number of hydrogen-bond donors (Lipinski definition) is 2. The van der Waals surface area contributed by atoms with Crippen LogP contribution in [0.1, 0.15) is 40.8 Å². The number of methoxy groups -OCH3 is 1. The molecule has 2 N–H and O–H groups in total. The van der Waals surface area contributed by atoms with Gasteiger partial charge in [0.25, 0.3) is 0 Å². The van der Waals surface area contributed by atoms with Gasteiger partial charge in [-0.2, -0.15) is 0 Å². The molecule has 0 unspecified atom stereocenters. The lowest BCUT2D eigenvalue weighted by atomic mass is 10.0. The predicted molar refractivity (Wildman–Crippen MR) is 144 cm³/mol. The molecule has 0 radical (unpaired) electrons. The fraction of sp³-hybridized carbons (Fsp3) is 0.143. The van der Waals surface area contributed by atoms with Gasteiger partial charge < -0.3 is 24.7 Å². The molecule has 0 aliphatic carbocycles. The summed E-state index contributed by atoms with van der Waals surface area (Å²) in [6, 6.07) is 23.5. The molecule has 0 bridgehead atoms. The Morgan fingerprint density at radius 1 is 1.03 bits per heavy atom. The molecule has 1 aliphatic heterocycles. The first-order chi connectivity index (χ1) is 17.9. The molecule has 1 aliphatic rings. The Labute approximate surface area is 219 Å². The fourth-order valence-corrected chi connectivity index (χ4v) is 4.73. The first kappa shape index (κ1) is 24.2. The molecule has 2 atom stereocenters. The number of carbonyl (C=O) groups is 2. The molecule has 37 heavy (non-hydrogen) atoms. The predicted octanol–water partition coefficient (Wildman–Crippen LogP) is 5.26. The molecule has 1 amide bonds. The third-order valence-electron chi connectivity index (χ3n) is 6.07. The van der Waals surface area contributed by atoms with Crippen molar-refractivity contribution in [3.05, 3.63) is 102 Å². The van der Waals surface area contributed by atoms with Gasteiger partial charge in [0.15, 0.2) is 5.11 Å². The van der Waals surface area contributed by atoms with Crippen LogP contribution in [-0.2, 0) is 9.53 Å². The second-order valence-corrected chi connectivity index (χ2v) is 8.88. The standard InChI is InChI=1S/C28H24N4O4S/c1-17(33)30-20-10-12-21(13-11-20)32-26(25(31-28(32)37)22-5-3-4-16-29-22)24-15-14-23(36-24)18-6-8-19(9-7-18)27(34)35-2/h3-16,25-26H,1-2H3,(H,30,33)(H,31,37)/t25-,26+/m0/s1. The molecule has 186 valence electrons. The van der Waals surface area contributed by atoms with Gasteiger partial charge in [-0.25, -0.2) is 4.79 Å². The number of pyridine rings is 1. The highest BCUT2D eigenvalue weighted by molar-refractivity contribution is 7.80. The Balaban J connectivity index is 1.51. The molecule has 9 heteroatoms. The van der Waals surface area contributed by atoms with E-state index in [1.54, 1.807) is 18.3 Å². The molecule has 1 fully saturated rings. The van der Waals surface area contributed by atoms with Gasteiger partial charge in [0.2, 0.25) is 5.91 Å². The smallest absolute Gasteiger partial charge is 0.337 e. The number of ether oxygens (including phenoxy) is 1. The summed E-state index contributed by atoms with van der Waals surface area (Å²) in [6.07, 6.45) is 1.75. The van der Waals surface area contributed by atoms with Crippen molar-refractivity contribution in [2.75, 3.05) is 17.3 Å². The monoisotopic (exact) mass is 512 g/mol. The van der Waals surface area contributed by atoms with Gasteiger partial charge in [0.1, 0.15) is 17.6 Å². The third kappa shape index (κ3) is 4.94. The maximum atomic E-state index is 11.8. The van der Waals surface area contributed by atoms with Gasteiger partial charge in [-0.3, -0.25) is 9.78 Å². The third-order valence-corrected chi connectivity index (χ3v) is 6.39. The quantitative estimate of drug-likeness (QED) is 0.267. The van der Waals surface area contributed by atoms with Gasteiger partial charge in [-0.15, -0.1) is 0 Å². The molecular weight excluding hydrogens is 488 g/mol. The van der Waals surface area contributed by atoms with Crippen molar-refractivity contribution in [1.82, 2.24) is 10.3 Å². The van der Waals surface area contributed by atoms with Crippen molar-refractivity contribution in [2.24, 2.45) is 0 Å². The van der Waals surface area contributed by atoms with E-state index in [2.05, 4.69) is 15.6 Å². The highest BCUT2D eigenvalue weighted by atomic mass is 32.1. The summed E-state index contributed by atoms with van der Waals surface area (Å²) >= 11 is 5.76. The average molecular weight is 513 g/mol. The van der Waals surface area contributed by atoms with Gasteiger partial charge in [0.05, 0.1) is 24.4 Å². The van der Waals surface area contributed by atoms with Gasteiger partial charge in [-0.1, -0.05) is 18.2 Å². The summed E-state index contributed by atoms with van der Waals surface area (Å²) in [4.78, 5) is 29.8. The Morgan fingerprint density at radius 2 is 1.78 bits per heavy atom. The average Bonchev–Trinajstić information content (AvgIpc) is 3.54. The number of rotatable bonds is 6. The number of anilines is 2. The number of esters is 1. The van der Waals surface area contributed by atoms with Crippen molar-refractivity contribution in [3.63, 3.8) is 0 Å². The van der Waals surface area contributed by atoms with E-state index >= 15 is 0 Å². The van der Waals surface area contributed by atoms with Crippen molar-refractivity contribution in [3.8, 4) is 11.3 Å². The molecule has 4 aromatic rings. The second kappa shape index (κ2) is 10.2. The highest BCUT2D eigenvalue weighted by Gasteiger charge is 2.42. The molecule has 2 aromatic carbocycles. The number of nitrogens with one attached hydrogen (secondary N) is 2. The van der Waals surface area contributed by atoms with Crippen LogP contribution in [0.15, 0.2) is 89.5 Å². The van der Waals surface area contributed by atoms with Crippen LogP contribution in [0.5, 0.6) is 0 Å². The van der Waals surface area contributed by atoms with Gasteiger partial charge in [-0.05, 0) is 72.9 Å². The normalized spacial score (nSPS) is 16.8. The van der Waals surface area contributed by atoms with Crippen molar-refractivity contribution in [2.45, 2.75) is 19.0 Å².